The first-order valence-electron chi connectivity index (χ1n) is 12.6. The van der Waals surface area contributed by atoms with Gasteiger partial charge in [-0.1, -0.05) is 66.7 Å². The van der Waals surface area contributed by atoms with E-state index in [1.165, 1.54) is 28.6 Å². The van der Waals surface area contributed by atoms with Crippen molar-refractivity contribution in [3.8, 4) is 28.5 Å². The van der Waals surface area contributed by atoms with Crippen molar-refractivity contribution in [2.45, 2.75) is 17.7 Å². The van der Waals surface area contributed by atoms with Crippen molar-refractivity contribution in [1.82, 2.24) is 4.31 Å². The number of rotatable bonds is 8. The normalized spacial score (nSPS) is 13.5. The topological polar surface area (TPSA) is 130 Å². The van der Waals surface area contributed by atoms with Crippen LogP contribution in [0.5, 0.6) is 0 Å². The molecule has 1 amide bonds. The highest BCUT2D eigenvalue weighted by atomic mass is 32.2. The number of nitrogens with one attached hydrogen (secondary N) is 1. The van der Waals surface area contributed by atoms with Gasteiger partial charge in [0, 0.05) is 24.2 Å². The van der Waals surface area contributed by atoms with Gasteiger partial charge in [-0.2, -0.15) is 9.57 Å². The summed E-state index contributed by atoms with van der Waals surface area (Å²) < 4.78 is 38.2. The van der Waals surface area contributed by atoms with Gasteiger partial charge in [-0.25, -0.2) is 13.2 Å². The van der Waals surface area contributed by atoms with E-state index < -0.39 is 28.5 Å². The van der Waals surface area contributed by atoms with Crippen LogP contribution in [-0.4, -0.2) is 44.3 Å². The lowest BCUT2D eigenvalue weighted by molar-refractivity contribution is -0.119. The van der Waals surface area contributed by atoms with Crippen LogP contribution in [0.1, 0.15) is 28.8 Å². The SMILES string of the molecule is N#Cc1c(NC(=O)COC(=O)c2cccc(S(=O)(=O)N3CCCC3)c2)oc(-c2ccccc2)c1-c1ccccc1. The number of nitriles is 1. The average Bonchev–Trinajstić information content (AvgIpc) is 3.66. The van der Waals surface area contributed by atoms with Gasteiger partial charge in [0.15, 0.2) is 6.61 Å². The summed E-state index contributed by atoms with van der Waals surface area (Å²) in [6.07, 6.45) is 1.58. The zero-order chi connectivity index (χ0) is 28.1. The summed E-state index contributed by atoms with van der Waals surface area (Å²) in [5.74, 6) is -1.24. The van der Waals surface area contributed by atoms with E-state index in [0.717, 1.165) is 18.4 Å². The van der Waals surface area contributed by atoms with Crippen molar-refractivity contribution in [2.75, 3.05) is 25.0 Å². The third-order valence-electron chi connectivity index (χ3n) is 6.48. The molecule has 0 unspecified atom stereocenters. The number of anilines is 1. The number of furan rings is 1. The van der Waals surface area contributed by atoms with Gasteiger partial charge in [0.2, 0.25) is 15.9 Å². The predicted octanol–water partition coefficient (Wildman–Crippen LogP) is 5.07. The first kappa shape index (κ1) is 26.9. The van der Waals surface area contributed by atoms with Crippen molar-refractivity contribution >= 4 is 27.8 Å². The Morgan fingerprint density at radius 2 is 1.57 bits per heavy atom. The second-order valence-corrected chi connectivity index (χ2v) is 11.1. The third kappa shape index (κ3) is 5.52. The largest absolute Gasteiger partial charge is 0.452 e. The molecule has 2 heterocycles. The number of carbonyl (C=O) groups is 2. The number of sulfonamides is 1. The summed E-state index contributed by atoms with van der Waals surface area (Å²) in [6, 6.07) is 26.0. The van der Waals surface area contributed by atoms with Crippen LogP contribution < -0.4 is 5.32 Å². The van der Waals surface area contributed by atoms with Crippen LogP contribution >= 0.6 is 0 Å². The van der Waals surface area contributed by atoms with E-state index in [1.807, 2.05) is 60.7 Å². The van der Waals surface area contributed by atoms with Crippen molar-refractivity contribution in [3.63, 3.8) is 0 Å². The van der Waals surface area contributed by atoms with Crippen molar-refractivity contribution in [2.24, 2.45) is 0 Å². The molecule has 10 heteroatoms. The number of nitrogens with zero attached hydrogens (tertiary/aromatic N) is 2. The molecular formula is C30H25N3O6S. The molecule has 1 fully saturated rings. The first-order valence-corrected chi connectivity index (χ1v) is 14.1. The minimum absolute atomic E-state index is 0.00140. The Balaban J connectivity index is 1.33. The van der Waals surface area contributed by atoms with Gasteiger partial charge in [0.1, 0.15) is 17.4 Å². The Morgan fingerprint density at radius 1 is 0.925 bits per heavy atom. The predicted molar refractivity (Wildman–Crippen MR) is 148 cm³/mol. The highest BCUT2D eigenvalue weighted by Crippen LogP contribution is 2.41. The molecule has 0 spiro atoms. The highest BCUT2D eigenvalue weighted by Gasteiger charge is 2.28. The van der Waals surface area contributed by atoms with E-state index in [1.54, 1.807) is 0 Å². The number of esters is 1. The molecule has 202 valence electrons. The molecule has 1 aliphatic heterocycles. The summed E-state index contributed by atoms with van der Waals surface area (Å²) in [5, 5.41) is 12.5. The number of carbonyl (C=O) groups excluding carboxylic acids is 2. The Hall–Kier alpha value is -4.72. The van der Waals surface area contributed by atoms with E-state index >= 15 is 0 Å². The van der Waals surface area contributed by atoms with Gasteiger partial charge in [-0.05, 0) is 36.6 Å². The fraction of sp³-hybridized carbons (Fsp3) is 0.167. The van der Waals surface area contributed by atoms with Crippen LogP contribution in [-0.2, 0) is 19.6 Å². The van der Waals surface area contributed by atoms with Crippen molar-refractivity contribution in [3.05, 3.63) is 96.1 Å². The number of hydrogen-bond donors (Lipinski definition) is 1. The molecule has 1 aliphatic rings. The first-order chi connectivity index (χ1) is 19.4. The minimum Gasteiger partial charge on any atom is -0.452 e. The smallest absolute Gasteiger partial charge is 0.338 e. The Kier molecular flexibility index (Phi) is 7.77. The Morgan fingerprint density at radius 3 is 2.23 bits per heavy atom. The zero-order valence-corrected chi connectivity index (χ0v) is 22.2. The van der Waals surface area contributed by atoms with Gasteiger partial charge in [0.25, 0.3) is 5.91 Å². The fourth-order valence-corrected chi connectivity index (χ4v) is 6.10. The molecule has 5 rings (SSSR count). The standard InChI is InChI=1S/C30H25N3O6S/c31-19-25-27(21-10-3-1-4-11-21)28(22-12-5-2-6-13-22)39-29(25)32-26(34)20-38-30(35)23-14-9-15-24(18-23)40(36,37)33-16-7-8-17-33/h1-6,9-15,18H,7-8,16-17,20H2,(H,32,34). The van der Waals surface area contributed by atoms with Gasteiger partial charge >= 0.3 is 5.97 Å². The molecule has 1 aromatic heterocycles. The molecule has 0 saturated carbocycles. The average molecular weight is 556 g/mol. The van der Waals surface area contributed by atoms with Crippen molar-refractivity contribution < 1.29 is 27.2 Å². The maximum absolute atomic E-state index is 12.8. The third-order valence-corrected chi connectivity index (χ3v) is 8.37. The van der Waals surface area contributed by atoms with E-state index in [9.17, 15) is 23.3 Å². The van der Waals surface area contributed by atoms with Gasteiger partial charge in [-0.15, -0.1) is 0 Å². The summed E-state index contributed by atoms with van der Waals surface area (Å²) in [6.45, 7) is 0.202. The zero-order valence-electron chi connectivity index (χ0n) is 21.4. The van der Waals surface area contributed by atoms with E-state index in [0.29, 0.717) is 30.0 Å². The molecule has 0 radical (unpaired) electrons. The second-order valence-electron chi connectivity index (χ2n) is 9.12. The maximum Gasteiger partial charge on any atom is 0.338 e. The molecule has 3 aromatic carbocycles. The van der Waals surface area contributed by atoms with Gasteiger partial charge < -0.3 is 9.15 Å². The molecule has 9 nitrogen and oxygen atoms in total. The van der Waals surface area contributed by atoms with E-state index in [4.69, 9.17) is 9.15 Å². The number of hydrogen-bond acceptors (Lipinski definition) is 7. The minimum atomic E-state index is -3.72. The summed E-state index contributed by atoms with van der Waals surface area (Å²) in [4.78, 5) is 25.4. The lowest BCUT2D eigenvalue weighted by atomic mass is 9.98. The molecule has 0 atom stereocenters. The molecule has 1 saturated heterocycles. The van der Waals surface area contributed by atoms with Crippen LogP contribution in [0.15, 0.2) is 94.2 Å². The van der Waals surface area contributed by atoms with Crippen LogP contribution in [0.2, 0.25) is 0 Å². The summed E-state index contributed by atoms with van der Waals surface area (Å²) in [7, 11) is -3.72. The molecule has 0 aliphatic carbocycles. The van der Waals surface area contributed by atoms with E-state index in [2.05, 4.69) is 11.4 Å². The number of benzene rings is 3. The van der Waals surface area contributed by atoms with Crippen LogP contribution in [0.4, 0.5) is 5.88 Å². The molecule has 1 N–H and O–H groups in total. The van der Waals surface area contributed by atoms with Crippen LogP contribution in [0, 0.1) is 11.3 Å². The summed E-state index contributed by atoms with van der Waals surface area (Å²) in [5.41, 5.74) is 2.11. The lowest BCUT2D eigenvalue weighted by Gasteiger charge is -2.15. The highest BCUT2D eigenvalue weighted by molar-refractivity contribution is 7.89. The molecule has 4 aromatic rings. The van der Waals surface area contributed by atoms with Gasteiger partial charge in [-0.3, -0.25) is 10.1 Å². The van der Waals surface area contributed by atoms with Crippen LogP contribution in [0.3, 0.4) is 0 Å². The fourth-order valence-electron chi connectivity index (χ4n) is 4.54. The van der Waals surface area contributed by atoms with E-state index in [-0.39, 0.29) is 21.9 Å². The quantitative estimate of drug-likeness (QED) is 0.301. The maximum atomic E-state index is 12.8. The molecule has 40 heavy (non-hydrogen) atoms. The lowest BCUT2D eigenvalue weighted by Crippen LogP contribution is -2.28. The summed E-state index contributed by atoms with van der Waals surface area (Å²) >= 11 is 0. The monoisotopic (exact) mass is 555 g/mol. The Bertz CT molecular complexity index is 1690. The Labute approximate surface area is 231 Å². The number of ether oxygens (including phenoxy) is 1. The second kappa shape index (κ2) is 11.6. The van der Waals surface area contributed by atoms with Gasteiger partial charge in [0.05, 0.1) is 10.5 Å². The van der Waals surface area contributed by atoms with Crippen molar-refractivity contribution in [1.29, 1.82) is 5.26 Å². The van der Waals surface area contributed by atoms with Crippen LogP contribution in [0.25, 0.3) is 22.5 Å². The molecular weight excluding hydrogens is 530 g/mol. The molecule has 0 bridgehead atoms. The number of amides is 1.